The third-order valence-corrected chi connectivity index (χ3v) is 5.84. The quantitative estimate of drug-likeness (QED) is 0.223. The smallest absolute Gasteiger partial charge is 0.191 e. The van der Waals surface area contributed by atoms with Crippen molar-refractivity contribution in [1.82, 2.24) is 10.6 Å². The minimum Gasteiger partial charge on any atom is -0.357 e. The van der Waals surface area contributed by atoms with Crippen molar-refractivity contribution in [3.8, 4) is 0 Å². The Balaban J connectivity index is 0.00000420. The largest absolute Gasteiger partial charge is 0.357 e. The summed E-state index contributed by atoms with van der Waals surface area (Å²) in [7, 11) is -3.15. The van der Waals surface area contributed by atoms with E-state index in [4.69, 9.17) is 0 Å². The Labute approximate surface area is 190 Å². The van der Waals surface area contributed by atoms with Gasteiger partial charge in [-0.25, -0.2) is 17.8 Å². The van der Waals surface area contributed by atoms with Crippen LogP contribution >= 0.6 is 24.0 Å². The molecule has 0 amide bonds. The van der Waals surface area contributed by atoms with Gasteiger partial charge in [-0.2, -0.15) is 0 Å². The van der Waals surface area contributed by atoms with Crippen molar-refractivity contribution in [2.75, 3.05) is 18.8 Å². The number of benzene rings is 2. The fraction of sp³-hybridized carbons (Fsp3) is 0.381. The molecule has 0 radical (unpaired) electrons. The second-order valence-electron chi connectivity index (χ2n) is 6.64. The highest BCUT2D eigenvalue weighted by Crippen LogP contribution is 2.10. The van der Waals surface area contributed by atoms with Gasteiger partial charge in [-0.15, -0.1) is 24.0 Å². The summed E-state index contributed by atoms with van der Waals surface area (Å²) in [5, 5.41) is 6.25. The van der Waals surface area contributed by atoms with Crippen LogP contribution in [-0.4, -0.2) is 33.2 Å². The summed E-state index contributed by atoms with van der Waals surface area (Å²) in [6.45, 7) is 5.19. The molecule has 8 heteroatoms. The van der Waals surface area contributed by atoms with Gasteiger partial charge in [0.05, 0.1) is 18.1 Å². The van der Waals surface area contributed by atoms with E-state index in [0.29, 0.717) is 37.6 Å². The average molecular weight is 533 g/mol. The van der Waals surface area contributed by atoms with Crippen LogP contribution in [0.25, 0.3) is 0 Å². The van der Waals surface area contributed by atoms with E-state index >= 15 is 0 Å². The Bertz CT molecular complexity index is 890. The second-order valence-corrected chi connectivity index (χ2v) is 8.82. The molecule has 0 aliphatic rings. The van der Waals surface area contributed by atoms with Gasteiger partial charge in [-0.3, -0.25) is 0 Å². The Morgan fingerprint density at radius 3 is 2.45 bits per heavy atom. The summed E-state index contributed by atoms with van der Waals surface area (Å²) < 4.78 is 38.1. The maximum absolute atomic E-state index is 13.6. The van der Waals surface area contributed by atoms with Gasteiger partial charge in [-0.05, 0) is 43.0 Å². The lowest BCUT2D eigenvalue weighted by molar-refractivity contribution is 0.591. The minimum absolute atomic E-state index is 0. The van der Waals surface area contributed by atoms with Crippen LogP contribution < -0.4 is 10.6 Å². The van der Waals surface area contributed by atoms with Crippen LogP contribution in [0.15, 0.2) is 53.5 Å². The van der Waals surface area contributed by atoms with E-state index in [1.54, 1.807) is 13.0 Å². The first kappa shape index (κ1) is 25.4. The van der Waals surface area contributed by atoms with Gasteiger partial charge >= 0.3 is 0 Å². The van der Waals surface area contributed by atoms with Gasteiger partial charge in [-0.1, -0.05) is 42.5 Å². The van der Waals surface area contributed by atoms with E-state index < -0.39 is 9.84 Å². The first-order valence-corrected chi connectivity index (χ1v) is 11.2. The lowest BCUT2D eigenvalue weighted by Gasteiger charge is -2.11. The molecule has 29 heavy (non-hydrogen) atoms. The number of sulfone groups is 1. The molecule has 0 atom stereocenters. The fourth-order valence-corrected chi connectivity index (χ4v) is 4.07. The lowest BCUT2D eigenvalue weighted by Crippen LogP contribution is -2.38. The fourth-order valence-electron chi connectivity index (χ4n) is 2.65. The highest BCUT2D eigenvalue weighted by atomic mass is 127. The Morgan fingerprint density at radius 2 is 1.79 bits per heavy atom. The first-order chi connectivity index (χ1) is 13.4. The van der Waals surface area contributed by atoms with E-state index in [0.717, 1.165) is 11.1 Å². The zero-order valence-electron chi connectivity index (χ0n) is 16.8. The van der Waals surface area contributed by atoms with E-state index in [-0.39, 0.29) is 41.3 Å². The Kier molecular flexibility index (Phi) is 11.2. The van der Waals surface area contributed by atoms with E-state index in [1.807, 2.05) is 43.3 Å². The van der Waals surface area contributed by atoms with Crippen LogP contribution in [0.3, 0.4) is 0 Å². The van der Waals surface area contributed by atoms with Crippen LogP contribution in [0, 0.1) is 12.7 Å². The predicted octanol–water partition coefficient (Wildman–Crippen LogP) is 3.81. The number of halogens is 2. The first-order valence-electron chi connectivity index (χ1n) is 9.41. The molecule has 2 N–H and O–H groups in total. The number of nitrogens with zero attached hydrogens (tertiary/aromatic N) is 1. The van der Waals surface area contributed by atoms with Crippen molar-refractivity contribution < 1.29 is 12.8 Å². The summed E-state index contributed by atoms with van der Waals surface area (Å²) in [5.41, 5.74) is 2.19. The maximum atomic E-state index is 13.6. The van der Waals surface area contributed by atoms with Crippen LogP contribution in [0.1, 0.15) is 30.0 Å². The van der Waals surface area contributed by atoms with Crippen molar-refractivity contribution in [3.63, 3.8) is 0 Å². The van der Waals surface area contributed by atoms with Gasteiger partial charge in [0.2, 0.25) is 0 Å². The monoisotopic (exact) mass is 533 g/mol. The molecule has 2 rings (SSSR count). The molecule has 5 nitrogen and oxygen atoms in total. The number of guanidine groups is 1. The molecule has 0 spiro atoms. The van der Waals surface area contributed by atoms with Gasteiger partial charge in [0.1, 0.15) is 5.82 Å². The molecule has 0 aliphatic heterocycles. The van der Waals surface area contributed by atoms with Crippen LogP contribution in [0.4, 0.5) is 4.39 Å². The summed E-state index contributed by atoms with van der Waals surface area (Å²) in [6.07, 6.45) is 0.485. The molecular formula is C21H29FIN3O2S. The number of hydrogen-bond acceptors (Lipinski definition) is 3. The minimum atomic E-state index is -3.15. The topological polar surface area (TPSA) is 70.6 Å². The van der Waals surface area contributed by atoms with Crippen LogP contribution in [0.2, 0.25) is 0 Å². The lowest BCUT2D eigenvalue weighted by atomic mass is 10.1. The van der Waals surface area contributed by atoms with Crippen molar-refractivity contribution in [2.45, 2.75) is 32.6 Å². The second kappa shape index (κ2) is 12.8. The van der Waals surface area contributed by atoms with Crippen LogP contribution in [-0.2, 0) is 22.1 Å². The summed E-state index contributed by atoms with van der Waals surface area (Å²) in [5.74, 6) is 0.511. The maximum Gasteiger partial charge on any atom is 0.191 e. The van der Waals surface area contributed by atoms with E-state index in [9.17, 15) is 12.8 Å². The van der Waals surface area contributed by atoms with Gasteiger partial charge in [0, 0.05) is 13.1 Å². The van der Waals surface area contributed by atoms with Crippen LogP contribution in [0.5, 0.6) is 0 Å². The molecule has 0 bridgehead atoms. The molecule has 0 aromatic heterocycles. The van der Waals surface area contributed by atoms with Crippen molar-refractivity contribution in [3.05, 3.63) is 71.0 Å². The molecule has 160 valence electrons. The normalized spacial score (nSPS) is 11.6. The van der Waals surface area contributed by atoms with Gasteiger partial charge < -0.3 is 10.6 Å². The predicted molar refractivity (Wildman–Crippen MR) is 128 cm³/mol. The van der Waals surface area contributed by atoms with Crippen molar-refractivity contribution in [1.29, 1.82) is 0 Å². The third-order valence-electron chi connectivity index (χ3n) is 4.15. The van der Waals surface area contributed by atoms with Gasteiger partial charge in [0.15, 0.2) is 15.8 Å². The number of hydrogen-bond donors (Lipinski definition) is 2. The van der Waals surface area contributed by atoms with Gasteiger partial charge in [0.25, 0.3) is 0 Å². The SMILES string of the molecule is CCNC(=NCc1ccc(C)c(F)c1)NCCCS(=O)(=O)Cc1ccccc1.I. The number of aryl methyl sites for hydroxylation is 1. The number of rotatable bonds is 9. The summed E-state index contributed by atoms with van der Waals surface area (Å²) in [6, 6.07) is 14.3. The number of nitrogens with one attached hydrogen (secondary N) is 2. The number of aliphatic imine (C=N–C) groups is 1. The third kappa shape index (κ3) is 9.58. The Hall–Kier alpha value is -1.68. The molecule has 0 saturated carbocycles. The van der Waals surface area contributed by atoms with Crippen molar-refractivity contribution >= 4 is 39.8 Å². The standard InChI is InChI=1S/C21H28FN3O2S.HI/c1-3-23-21(25-15-19-11-10-17(2)20(22)14-19)24-12-7-13-28(26,27)16-18-8-5-4-6-9-18;/h4-6,8-11,14H,3,7,12-13,15-16H2,1-2H3,(H2,23,24,25);1H. The van der Waals surface area contributed by atoms with Crippen molar-refractivity contribution in [2.24, 2.45) is 4.99 Å². The molecule has 0 heterocycles. The Morgan fingerprint density at radius 1 is 1.07 bits per heavy atom. The molecular weight excluding hydrogens is 504 g/mol. The molecule has 0 fully saturated rings. The zero-order valence-corrected chi connectivity index (χ0v) is 20.0. The zero-order chi connectivity index (χ0) is 20.4. The molecule has 2 aromatic rings. The molecule has 2 aromatic carbocycles. The molecule has 0 saturated heterocycles. The summed E-state index contributed by atoms with van der Waals surface area (Å²) >= 11 is 0. The average Bonchev–Trinajstić information content (AvgIpc) is 2.66. The molecule has 0 unspecified atom stereocenters. The highest BCUT2D eigenvalue weighted by molar-refractivity contribution is 14.0. The van der Waals surface area contributed by atoms with E-state index in [1.165, 1.54) is 6.07 Å². The summed E-state index contributed by atoms with van der Waals surface area (Å²) in [4.78, 5) is 4.43. The molecule has 0 aliphatic carbocycles. The van der Waals surface area contributed by atoms with E-state index in [2.05, 4.69) is 15.6 Å². The highest BCUT2D eigenvalue weighted by Gasteiger charge is 2.11.